The van der Waals surface area contributed by atoms with Crippen LogP contribution in [-0.2, 0) is 17.8 Å². The first-order valence-electron chi connectivity index (χ1n) is 10.3. The standard InChI is InChI=1S/C23H30FN3OS/c1-4-16-13-25-27(14-16)12-9-18-15-26(11-10-21(18)29)22(23(28)17-7-8-17)19(5-2)20(24)6-3/h5-6,9,13-14,17,21-22,29H,2-4,7-8,10-12,15H2,1H3/b18-9+,20-19-. The fourth-order valence-electron chi connectivity index (χ4n) is 3.79. The number of nitrogens with zero attached hydrogens (tertiary/aromatic N) is 3. The summed E-state index contributed by atoms with van der Waals surface area (Å²) in [5, 5.41) is 4.51. The zero-order valence-electron chi connectivity index (χ0n) is 17.1. The fraction of sp³-hybridized carbons (Fsp3) is 0.478. The molecule has 2 atom stereocenters. The summed E-state index contributed by atoms with van der Waals surface area (Å²) in [7, 11) is 0. The van der Waals surface area contributed by atoms with Crippen LogP contribution in [0.15, 0.2) is 60.8 Å². The second-order valence-corrected chi connectivity index (χ2v) is 8.39. The zero-order valence-corrected chi connectivity index (χ0v) is 18.0. The van der Waals surface area contributed by atoms with Gasteiger partial charge in [0.25, 0.3) is 0 Å². The van der Waals surface area contributed by atoms with E-state index in [2.05, 4.69) is 36.2 Å². The van der Waals surface area contributed by atoms with Crippen LogP contribution in [0.25, 0.3) is 0 Å². The molecule has 1 saturated carbocycles. The second kappa shape index (κ2) is 9.72. The third-order valence-electron chi connectivity index (χ3n) is 5.72. The average molecular weight is 416 g/mol. The first kappa shape index (κ1) is 21.8. The fourth-order valence-corrected chi connectivity index (χ4v) is 4.09. The lowest BCUT2D eigenvalue weighted by molar-refractivity contribution is -0.124. The van der Waals surface area contributed by atoms with Gasteiger partial charge in [-0.2, -0.15) is 17.7 Å². The van der Waals surface area contributed by atoms with Crippen LogP contribution < -0.4 is 0 Å². The van der Waals surface area contributed by atoms with Crippen LogP contribution in [0.2, 0.25) is 0 Å². The Balaban J connectivity index is 1.82. The molecule has 2 fully saturated rings. The number of thiol groups is 1. The van der Waals surface area contributed by atoms with Gasteiger partial charge in [-0.05, 0) is 42.9 Å². The van der Waals surface area contributed by atoms with Crippen LogP contribution >= 0.6 is 12.6 Å². The van der Waals surface area contributed by atoms with Gasteiger partial charge in [0, 0.05) is 36.0 Å². The molecule has 1 saturated heterocycles. The van der Waals surface area contributed by atoms with Crippen LogP contribution in [0.1, 0.15) is 31.7 Å². The maximum Gasteiger partial charge on any atom is 0.157 e. The molecule has 0 N–H and O–H groups in total. The number of hydrogen-bond donors (Lipinski definition) is 1. The van der Waals surface area contributed by atoms with Gasteiger partial charge in [0.05, 0.1) is 18.8 Å². The number of allylic oxidation sites excluding steroid dienone is 3. The van der Waals surface area contributed by atoms with Gasteiger partial charge in [-0.3, -0.25) is 14.4 Å². The minimum atomic E-state index is -0.612. The average Bonchev–Trinajstić information content (AvgIpc) is 3.49. The molecule has 156 valence electrons. The van der Waals surface area contributed by atoms with Crippen molar-refractivity contribution in [3.8, 4) is 0 Å². The SMILES string of the molecule is C=C/C(F)=C(\C=C)C(C(=O)C1CC1)N1CCC(S)/C(=C/Cn2cc(CC)cn2)C1. The van der Waals surface area contributed by atoms with E-state index in [1.54, 1.807) is 0 Å². The number of carbonyl (C=O) groups is 1. The molecule has 1 aliphatic carbocycles. The highest BCUT2D eigenvalue weighted by molar-refractivity contribution is 7.81. The summed E-state index contributed by atoms with van der Waals surface area (Å²) in [6.07, 6.45) is 12.2. The third kappa shape index (κ3) is 5.17. The van der Waals surface area contributed by atoms with E-state index in [1.165, 1.54) is 11.6 Å². The molecular formula is C23H30FN3OS. The highest BCUT2D eigenvalue weighted by Gasteiger charge is 2.41. The lowest BCUT2D eigenvalue weighted by Crippen LogP contribution is -2.48. The predicted molar refractivity (Wildman–Crippen MR) is 119 cm³/mol. The first-order chi connectivity index (χ1) is 14.0. The van der Waals surface area contributed by atoms with Crippen LogP contribution in [0, 0.1) is 5.92 Å². The largest absolute Gasteiger partial charge is 0.297 e. The second-order valence-electron chi connectivity index (χ2n) is 7.77. The molecule has 4 nitrogen and oxygen atoms in total. The predicted octanol–water partition coefficient (Wildman–Crippen LogP) is 4.32. The van der Waals surface area contributed by atoms with Gasteiger partial charge >= 0.3 is 0 Å². The molecule has 0 aromatic carbocycles. The molecule has 0 bridgehead atoms. The highest BCUT2D eigenvalue weighted by Crippen LogP contribution is 2.36. The number of piperidine rings is 1. The van der Waals surface area contributed by atoms with Crippen molar-refractivity contribution in [1.82, 2.24) is 14.7 Å². The van der Waals surface area contributed by atoms with Crippen molar-refractivity contribution < 1.29 is 9.18 Å². The molecule has 2 heterocycles. The topological polar surface area (TPSA) is 38.1 Å². The third-order valence-corrected chi connectivity index (χ3v) is 6.31. The van der Waals surface area contributed by atoms with Gasteiger partial charge in [-0.15, -0.1) is 0 Å². The van der Waals surface area contributed by atoms with Crippen molar-refractivity contribution in [2.75, 3.05) is 13.1 Å². The van der Waals surface area contributed by atoms with E-state index < -0.39 is 11.9 Å². The minimum absolute atomic E-state index is 0.0326. The summed E-state index contributed by atoms with van der Waals surface area (Å²) < 4.78 is 16.4. The number of hydrogen-bond acceptors (Lipinski definition) is 4. The van der Waals surface area contributed by atoms with Gasteiger partial charge in [0.2, 0.25) is 0 Å². The number of carbonyl (C=O) groups excluding carboxylic acids is 1. The Kier molecular flexibility index (Phi) is 7.30. The van der Waals surface area contributed by atoms with Gasteiger partial charge < -0.3 is 0 Å². The van der Waals surface area contributed by atoms with Crippen LogP contribution in [0.5, 0.6) is 0 Å². The summed E-state index contributed by atoms with van der Waals surface area (Å²) >= 11 is 4.74. The number of ketones is 1. The van der Waals surface area contributed by atoms with E-state index in [1.807, 2.05) is 17.1 Å². The number of likely N-dealkylation sites (tertiary alicyclic amines) is 1. The summed E-state index contributed by atoms with van der Waals surface area (Å²) in [6.45, 7) is 11.3. The molecule has 0 radical (unpaired) electrons. The van der Waals surface area contributed by atoms with Gasteiger partial charge in [-0.25, -0.2) is 4.39 Å². The summed E-state index contributed by atoms with van der Waals surface area (Å²) in [5.41, 5.74) is 2.67. The Labute approximate surface area is 178 Å². The van der Waals surface area contributed by atoms with Crippen molar-refractivity contribution in [2.45, 2.75) is 50.4 Å². The van der Waals surface area contributed by atoms with E-state index in [9.17, 15) is 9.18 Å². The maximum absolute atomic E-state index is 14.5. The molecule has 6 heteroatoms. The van der Waals surface area contributed by atoms with Crippen molar-refractivity contribution in [3.05, 3.63) is 66.3 Å². The van der Waals surface area contributed by atoms with Crippen molar-refractivity contribution >= 4 is 18.4 Å². The Bertz CT molecular complexity index is 837. The lowest BCUT2D eigenvalue weighted by Gasteiger charge is -2.38. The van der Waals surface area contributed by atoms with Gasteiger partial charge in [-0.1, -0.05) is 32.2 Å². The van der Waals surface area contributed by atoms with Gasteiger partial charge in [0.1, 0.15) is 5.83 Å². The van der Waals surface area contributed by atoms with Crippen molar-refractivity contribution in [2.24, 2.45) is 5.92 Å². The number of halogens is 1. The molecule has 2 aliphatic rings. The molecule has 3 rings (SSSR count). The summed E-state index contributed by atoms with van der Waals surface area (Å²) in [5.74, 6) is -0.347. The normalized spacial score (nSPS) is 23.6. The number of Topliss-reactive ketones (excluding diaryl/α,β-unsaturated/α-hetero) is 1. The highest BCUT2D eigenvalue weighted by atomic mass is 32.1. The molecule has 0 spiro atoms. The first-order valence-corrected chi connectivity index (χ1v) is 10.8. The monoisotopic (exact) mass is 415 g/mol. The zero-order chi connectivity index (χ0) is 21.0. The number of aromatic nitrogens is 2. The molecule has 1 aromatic rings. The van der Waals surface area contributed by atoms with Gasteiger partial charge in [0.15, 0.2) is 5.78 Å². The smallest absolute Gasteiger partial charge is 0.157 e. The molecule has 2 unspecified atom stereocenters. The molecule has 1 aliphatic heterocycles. The molecule has 29 heavy (non-hydrogen) atoms. The van der Waals surface area contributed by atoms with Crippen molar-refractivity contribution in [1.29, 1.82) is 0 Å². The van der Waals surface area contributed by atoms with Crippen LogP contribution in [-0.4, -0.2) is 44.8 Å². The van der Waals surface area contributed by atoms with Crippen molar-refractivity contribution in [3.63, 3.8) is 0 Å². The minimum Gasteiger partial charge on any atom is -0.297 e. The maximum atomic E-state index is 14.5. The number of aryl methyl sites for hydroxylation is 1. The van der Waals surface area contributed by atoms with Crippen LogP contribution in [0.4, 0.5) is 4.39 Å². The van der Waals surface area contributed by atoms with E-state index in [-0.39, 0.29) is 17.0 Å². The number of rotatable bonds is 9. The Hall–Kier alpha value is -1.92. The van der Waals surface area contributed by atoms with E-state index >= 15 is 0 Å². The Morgan fingerprint density at radius 3 is 2.72 bits per heavy atom. The molecule has 1 aromatic heterocycles. The Morgan fingerprint density at radius 2 is 2.14 bits per heavy atom. The van der Waals surface area contributed by atoms with E-state index in [0.717, 1.165) is 37.3 Å². The van der Waals surface area contributed by atoms with E-state index in [0.29, 0.717) is 25.2 Å². The molecular weight excluding hydrogens is 385 g/mol. The summed E-state index contributed by atoms with van der Waals surface area (Å²) in [4.78, 5) is 15.1. The van der Waals surface area contributed by atoms with E-state index in [4.69, 9.17) is 12.6 Å². The quantitative estimate of drug-likeness (QED) is 0.371. The lowest BCUT2D eigenvalue weighted by atomic mass is 9.93. The van der Waals surface area contributed by atoms with Crippen LogP contribution in [0.3, 0.4) is 0 Å². The molecule has 0 amide bonds. The Morgan fingerprint density at radius 1 is 1.38 bits per heavy atom. The summed E-state index contributed by atoms with van der Waals surface area (Å²) in [6, 6.07) is -0.612.